The Morgan fingerprint density at radius 3 is 3.00 bits per heavy atom. The molecule has 57 valence electrons. The van der Waals surface area contributed by atoms with Crippen molar-refractivity contribution in [2.75, 3.05) is 26.4 Å². The normalized spacial score (nSPS) is 40.8. The molecule has 0 aromatic heterocycles. The number of ether oxygens (including phenoxy) is 1. The third kappa shape index (κ3) is 1.05. The van der Waals surface area contributed by atoms with Gasteiger partial charge in [0, 0.05) is 13.1 Å². The summed E-state index contributed by atoms with van der Waals surface area (Å²) in [6, 6.07) is 0. The Balaban J connectivity index is 1.98. The summed E-state index contributed by atoms with van der Waals surface area (Å²) in [5.74, 6) is 0. The molecule has 0 bridgehead atoms. The van der Waals surface area contributed by atoms with Gasteiger partial charge in [-0.05, 0) is 19.4 Å². The van der Waals surface area contributed by atoms with Crippen molar-refractivity contribution in [2.24, 2.45) is 0 Å². The van der Waals surface area contributed by atoms with Crippen molar-refractivity contribution in [3.8, 4) is 0 Å². The van der Waals surface area contributed by atoms with Crippen LogP contribution in [0.25, 0.3) is 0 Å². The zero-order valence-electron chi connectivity index (χ0n) is 6.10. The molecule has 3 nitrogen and oxygen atoms in total. The molecule has 1 unspecified atom stereocenters. The van der Waals surface area contributed by atoms with E-state index in [0.717, 1.165) is 26.1 Å². The average Bonchev–Trinajstić information content (AvgIpc) is 2.39. The molecule has 0 aliphatic carbocycles. The van der Waals surface area contributed by atoms with Gasteiger partial charge in [-0.15, -0.1) is 0 Å². The van der Waals surface area contributed by atoms with E-state index in [9.17, 15) is 0 Å². The molecule has 0 aromatic carbocycles. The van der Waals surface area contributed by atoms with Crippen LogP contribution in [0.5, 0.6) is 0 Å². The molecule has 1 atom stereocenters. The third-order valence-electron chi connectivity index (χ3n) is 2.39. The van der Waals surface area contributed by atoms with Gasteiger partial charge in [0.15, 0.2) is 0 Å². The van der Waals surface area contributed by atoms with Gasteiger partial charge in [0.2, 0.25) is 0 Å². The van der Waals surface area contributed by atoms with E-state index >= 15 is 0 Å². The fourth-order valence-corrected chi connectivity index (χ4v) is 1.66. The maximum absolute atomic E-state index is 5.60. The molecular weight excluding hydrogens is 128 g/mol. The summed E-state index contributed by atoms with van der Waals surface area (Å²) in [4.78, 5) is 0. The molecule has 2 aliphatic rings. The van der Waals surface area contributed by atoms with Crippen molar-refractivity contribution in [3.63, 3.8) is 0 Å². The highest BCUT2D eigenvalue weighted by Crippen LogP contribution is 2.25. The molecule has 0 amide bonds. The van der Waals surface area contributed by atoms with E-state index in [2.05, 4.69) is 10.6 Å². The van der Waals surface area contributed by atoms with Crippen LogP contribution in [-0.2, 0) is 4.74 Å². The minimum atomic E-state index is 0.168. The lowest BCUT2D eigenvalue weighted by Gasteiger charge is -2.32. The quantitative estimate of drug-likeness (QED) is 0.502. The fourth-order valence-electron chi connectivity index (χ4n) is 1.66. The monoisotopic (exact) mass is 141 g/mol. The van der Waals surface area contributed by atoms with E-state index in [1.165, 1.54) is 6.42 Å². The lowest BCUT2D eigenvalue weighted by atomic mass is 9.98. The van der Waals surface area contributed by atoms with Gasteiger partial charge < -0.3 is 10.1 Å². The molecule has 2 rings (SSSR count). The molecule has 1 N–H and O–H groups in total. The zero-order chi connectivity index (χ0) is 6.86. The number of hydrogen-bond donors (Lipinski definition) is 1. The third-order valence-corrected chi connectivity index (χ3v) is 2.39. The summed E-state index contributed by atoms with van der Waals surface area (Å²) in [6.07, 6.45) is 2.28. The summed E-state index contributed by atoms with van der Waals surface area (Å²) in [5, 5.41) is 7.46. The minimum Gasteiger partial charge on any atom is -0.357 e. The standard InChI is InChI=1S/C7H13N2O/c1-3-8-5-7(1)2-4-9-6-10-7/h8H,1-6H2. The second kappa shape index (κ2) is 2.49. The first-order valence-electron chi connectivity index (χ1n) is 3.89. The van der Waals surface area contributed by atoms with Gasteiger partial charge in [-0.3, -0.25) is 0 Å². The molecule has 0 aromatic rings. The predicted molar refractivity (Wildman–Crippen MR) is 37.8 cm³/mol. The Labute approximate surface area is 61.1 Å². The number of hydrogen-bond acceptors (Lipinski definition) is 2. The molecule has 2 fully saturated rings. The molecule has 1 spiro atoms. The fraction of sp³-hybridized carbons (Fsp3) is 1.00. The molecule has 2 heterocycles. The van der Waals surface area contributed by atoms with E-state index in [1.807, 2.05) is 0 Å². The van der Waals surface area contributed by atoms with Crippen molar-refractivity contribution >= 4 is 0 Å². The van der Waals surface area contributed by atoms with Gasteiger partial charge in [0.1, 0.15) is 6.73 Å². The lowest BCUT2D eigenvalue weighted by Crippen LogP contribution is -2.43. The van der Waals surface area contributed by atoms with Gasteiger partial charge in [-0.25, -0.2) is 5.32 Å². The highest BCUT2D eigenvalue weighted by atomic mass is 16.5. The SMILES string of the molecule is C1CC2(CCNC2)OC[N]1. The maximum atomic E-state index is 5.60. The van der Waals surface area contributed by atoms with Gasteiger partial charge in [-0.1, -0.05) is 0 Å². The van der Waals surface area contributed by atoms with Gasteiger partial charge >= 0.3 is 0 Å². The Bertz CT molecular complexity index is 113. The van der Waals surface area contributed by atoms with E-state index in [-0.39, 0.29) is 5.60 Å². The molecular formula is C7H13N2O. The lowest BCUT2D eigenvalue weighted by molar-refractivity contribution is -0.0713. The van der Waals surface area contributed by atoms with Crippen LogP contribution >= 0.6 is 0 Å². The van der Waals surface area contributed by atoms with Gasteiger partial charge in [0.05, 0.1) is 5.60 Å². The van der Waals surface area contributed by atoms with Crippen LogP contribution < -0.4 is 10.6 Å². The first kappa shape index (κ1) is 6.58. The van der Waals surface area contributed by atoms with Crippen LogP contribution in [0.3, 0.4) is 0 Å². The summed E-state index contributed by atoms with van der Waals surface area (Å²) >= 11 is 0. The first-order valence-corrected chi connectivity index (χ1v) is 3.89. The second-order valence-corrected chi connectivity index (χ2v) is 3.08. The Hall–Kier alpha value is -0.120. The Morgan fingerprint density at radius 2 is 2.40 bits per heavy atom. The van der Waals surface area contributed by atoms with Crippen molar-refractivity contribution < 1.29 is 4.74 Å². The van der Waals surface area contributed by atoms with Crippen LogP contribution in [0, 0.1) is 0 Å². The van der Waals surface area contributed by atoms with Gasteiger partial charge in [0.25, 0.3) is 0 Å². The average molecular weight is 141 g/mol. The van der Waals surface area contributed by atoms with Crippen LogP contribution in [0.1, 0.15) is 12.8 Å². The molecule has 0 saturated carbocycles. The number of nitrogens with zero attached hydrogens (tertiary/aromatic N) is 1. The number of rotatable bonds is 0. The maximum Gasteiger partial charge on any atom is 0.113 e. The van der Waals surface area contributed by atoms with E-state index in [4.69, 9.17) is 4.74 Å². The highest BCUT2D eigenvalue weighted by Gasteiger charge is 2.36. The highest BCUT2D eigenvalue weighted by molar-refractivity contribution is 4.91. The second-order valence-electron chi connectivity index (χ2n) is 3.08. The van der Waals surface area contributed by atoms with Crippen molar-refractivity contribution in [1.29, 1.82) is 0 Å². The molecule has 2 aliphatic heterocycles. The first-order chi connectivity index (χ1) is 4.91. The van der Waals surface area contributed by atoms with Crippen LogP contribution in [0.15, 0.2) is 0 Å². The summed E-state index contributed by atoms with van der Waals surface area (Å²) < 4.78 is 5.60. The van der Waals surface area contributed by atoms with Crippen LogP contribution in [0.2, 0.25) is 0 Å². The topological polar surface area (TPSA) is 35.4 Å². The minimum absolute atomic E-state index is 0.168. The summed E-state index contributed by atoms with van der Waals surface area (Å²) in [7, 11) is 0. The predicted octanol–water partition coefficient (Wildman–Crippen LogP) is -0.299. The van der Waals surface area contributed by atoms with E-state index < -0.39 is 0 Å². The van der Waals surface area contributed by atoms with E-state index in [1.54, 1.807) is 0 Å². The molecule has 10 heavy (non-hydrogen) atoms. The largest absolute Gasteiger partial charge is 0.357 e. The van der Waals surface area contributed by atoms with Crippen LogP contribution in [-0.4, -0.2) is 32.0 Å². The van der Waals surface area contributed by atoms with E-state index in [0.29, 0.717) is 6.73 Å². The molecule has 1 radical (unpaired) electrons. The van der Waals surface area contributed by atoms with Crippen molar-refractivity contribution in [1.82, 2.24) is 10.6 Å². The Morgan fingerprint density at radius 1 is 1.40 bits per heavy atom. The summed E-state index contributed by atoms with van der Waals surface area (Å²) in [5.41, 5.74) is 0.168. The van der Waals surface area contributed by atoms with Crippen molar-refractivity contribution in [3.05, 3.63) is 0 Å². The summed E-state index contributed by atoms with van der Waals surface area (Å²) in [6.45, 7) is 3.74. The van der Waals surface area contributed by atoms with Gasteiger partial charge in [-0.2, -0.15) is 0 Å². The smallest absolute Gasteiger partial charge is 0.113 e. The van der Waals surface area contributed by atoms with Crippen LogP contribution in [0.4, 0.5) is 0 Å². The Kier molecular flexibility index (Phi) is 1.64. The van der Waals surface area contributed by atoms with Crippen molar-refractivity contribution in [2.45, 2.75) is 18.4 Å². The molecule has 3 heteroatoms. The molecule has 2 saturated heterocycles. The number of nitrogens with one attached hydrogen (secondary N) is 1. The zero-order valence-corrected chi connectivity index (χ0v) is 6.10.